The molecule has 0 aliphatic rings. The van der Waals surface area contributed by atoms with Crippen LogP contribution >= 0.6 is 0 Å². The molecule has 0 saturated carbocycles. The highest BCUT2D eigenvalue weighted by Crippen LogP contribution is 2.14. The van der Waals surface area contributed by atoms with E-state index in [1.54, 1.807) is 0 Å². The molecule has 0 amide bonds. The van der Waals surface area contributed by atoms with Crippen molar-refractivity contribution >= 4 is 0 Å². The van der Waals surface area contributed by atoms with Crippen LogP contribution in [0, 0.1) is 5.92 Å². The van der Waals surface area contributed by atoms with Gasteiger partial charge in [-0.2, -0.15) is 0 Å². The van der Waals surface area contributed by atoms with Crippen LogP contribution in [-0.2, 0) is 0 Å². The van der Waals surface area contributed by atoms with E-state index in [2.05, 4.69) is 13.8 Å². The van der Waals surface area contributed by atoms with Gasteiger partial charge in [-0.1, -0.05) is 26.7 Å². The summed E-state index contributed by atoms with van der Waals surface area (Å²) in [5.41, 5.74) is 5.33. The molecule has 0 radical (unpaired) electrons. The Kier molecular flexibility index (Phi) is 5.64. The predicted octanol–water partition coefficient (Wildman–Crippen LogP) is 1.13. The molecule has 0 fully saturated rings. The van der Waals surface area contributed by atoms with Gasteiger partial charge in [-0.3, -0.25) is 0 Å². The molecule has 10 heavy (non-hydrogen) atoms. The Labute approximate surface area is 63.4 Å². The number of nitrogens with two attached hydrogens (primary N) is 1. The number of hydrogen-bond donors (Lipinski definition) is 2. The van der Waals surface area contributed by atoms with E-state index >= 15 is 0 Å². The SMILES string of the molecule is CCCC(CC)C(O)CN. The second-order valence-corrected chi connectivity index (χ2v) is 2.76. The van der Waals surface area contributed by atoms with Crippen molar-refractivity contribution in [2.24, 2.45) is 11.7 Å². The summed E-state index contributed by atoms with van der Waals surface area (Å²) in [6, 6.07) is 0. The minimum Gasteiger partial charge on any atom is -0.392 e. The maximum Gasteiger partial charge on any atom is 0.0690 e. The lowest BCUT2D eigenvalue weighted by Gasteiger charge is -2.18. The molecular formula is C8H19NO. The molecule has 0 saturated heterocycles. The molecule has 2 nitrogen and oxygen atoms in total. The van der Waals surface area contributed by atoms with Crippen LogP contribution in [0.15, 0.2) is 0 Å². The monoisotopic (exact) mass is 145 g/mol. The second kappa shape index (κ2) is 5.69. The van der Waals surface area contributed by atoms with Gasteiger partial charge >= 0.3 is 0 Å². The van der Waals surface area contributed by atoms with E-state index < -0.39 is 0 Å². The van der Waals surface area contributed by atoms with Crippen LogP contribution in [0.2, 0.25) is 0 Å². The zero-order valence-corrected chi connectivity index (χ0v) is 7.01. The fourth-order valence-electron chi connectivity index (χ4n) is 1.23. The Morgan fingerprint density at radius 3 is 2.30 bits per heavy atom. The van der Waals surface area contributed by atoms with Gasteiger partial charge in [0, 0.05) is 6.54 Å². The van der Waals surface area contributed by atoms with Crippen molar-refractivity contribution in [3.63, 3.8) is 0 Å². The third-order valence-electron chi connectivity index (χ3n) is 1.97. The summed E-state index contributed by atoms with van der Waals surface area (Å²) in [5.74, 6) is 0.412. The van der Waals surface area contributed by atoms with Crippen molar-refractivity contribution in [2.45, 2.75) is 39.2 Å². The number of hydrogen-bond acceptors (Lipinski definition) is 2. The Hall–Kier alpha value is -0.0800. The lowest BCUT2D eigenvalue weighted by atomic mass is 9.94. The predicted molar refractivity (Wildman–Crippen MR) is 43.8 cm³/mol. The maximum absolute atomic E-state index is 9.32. The van der Waals surface area contributed by atoms with Crippen LogP contribution in [0.3, 0.4) is 0 Å². The first-order valence-electron chi connectivity index (χ1n) is 4.14. The summed E-state index contributed by atoms with van der Waals surface area (Å²) in [4.78, 5) is 0. The number of aliphatic hydroxyl groups excluding tert-OH is 1. The van der Waals surface area contributed by atoms with Crippen LogP contribution in [0.4, 0.5) is 0 Å². The van der Waals surface area contributed by atoms with Gasteiger partial charge in [0.05, 0.1) is 6.10 Å². The standard InChI is InChI=1S/C8H19NO/c1-3-5-7(4-2)8(10)6-9/h7-8,10H,3-6,9H2,1-2H3. The van der Waals surface area contributed by atoms with E-state index in [4.69, 9.17) is 5.73 Å². The quantitative estimate of drug-likeness (QED) is 0.609. The highest BCUT2D eigenvalue weighted by Gasteiger charge is 2.13. The van der Waals surface area contributed by atoms with Crippen molar-refractivity contribution in [1.82, 2.24) is 0 Å². The van der Waals surface area contributed by atoms with Crippen LogP contribution < -0.4 is 5.73 Å². The molecule has 0 rings (SSSR count). The van der Waals surface area contributed by atoms with Gasteiger partial charge in [0.15, 0.2) is 0 Å². The third-order valence-corrected chi connectivity index (χ3v) is 1.97. The first-order valence-corrected chi connectivity index (χ1v) is 4.14. The molecule has 2 heteroatoms. The Bertz CT molecular complexity index is 75.7. The van der Waals surface area contributed by atoms with Gasteiger partial charge in [-0.25, -0.2) is 0 Å². The fourth-order valence-corrected chi connectivity index (χ4v) is 1.23. The van der Waals surface area contributed by atoms with Crippen molar-refractivity contribution in [1.29, 1.82) is 0 Å². The molecule has 2 atom stereocenters. The van der Waals surface area contributed by atoms with Crippen LogP contribution in [0.25, 0.3) is 0 Å². The van der Waals surface area contributed by atoms with Gasteiger partial charge in [0.25, 0.3) is 0 Å². The van der Waals surface area contributed by atoms with E-state index in [0.717, 1.165) is 19.3 Å². The van der Waals surface area contributed by atoms with Crippen molar-refractivity contribution in [3.05, 3.63) is 0 Å². The van der Waals surface area contributed by atoms with Crippen LogP contribution in [0.5, 0.6) is 0 Å². The number of aliphatic hydroxyl groups is 1. The topological polar surface area (TPSA) is 46.2 Å². The Morgan fingerprint density at radius 2 is 2.00 bits per heavy atom. The van der Waals surface area contributed by atoms with Gasteiger partial charge < -0.3 is 10.8 Å². The van der Waals surface area contributed by atoms with Crippen LogP contribution in [-0.4, -0.2) is 17.8 Å². The summed E-state index contributed by atoms with van der Waals surface area (Å²) < 4.78 is 0. The molecule has 0 spiro atoms. The van der Waals surface area contributed by atoms with Crippen molar-refractivity contribution in [3.8, 4) is 0 Å². The average molecular weight is 145 g/mol. The molecule has 3 N–H and O–H groups in total. The summed E-state index contributed by atoms with van der Waals surface area (Å²) in [6.07, 6.45) is 2.97. The maximum atomic E-state index is 9.32. The van der Waals surface area contributed by atoms with Crippen molar-refractivity contribution < 1.29 is 5.11 Å². The summed E-state index contributed by atoms with van der Waals surface area (Å²) in [7, 11) is 0. The molecule has 0 aromatic rings. The largest absolute Gasteiger partial charge is 0.392 e. The Balaban J connectivity index is 3.56. The van der Waals surface area contributed by atoms with Gasteiger partial charge in [-0.05, 0) is 12.3 Å². The lowest BCUT2D eigenvalue weighted by Crippen LogP contribution is -2.28. The normalized spacial score (nSPS) is 16.8. The third kappa shape index (κ3) is 3.18. The molecule has 0 bridgehead atoms. The Morgan fingerprint density at radius 1 is 1.40 bits per heavy atom. The molecule has 62 valence electrons. The van der Waals surface area contributed by atoms with E-state index in [-0.39, 0.29) is 6.10 Å². The van der Waals surface area contributed by atoms with E-state index in [1.807, 2.05) is 0 Å². The molecule has 0 aromatic heterocycles. The zero-order chi connectivity index (χ0) is 7.98. The fraction of sp³-hybridized carbons (Fsp3) is 1.00. The highest BCUT2D eigenvalue weighted by atomic mass is 16.3. The van der Waals surface area contributed by atoms with Crippen molar-refractivity contribution in [2.75, 3.05) is 6.54 Å². The number of rotatable bonds is 5. The molecular weight excluding hydrogens is 126 g/mol. The zero-order valence-electron chi connectivity index (χ0n) is 7.01. The molecule has 0 heterocycles. The van der Waals surface area contributed by atoms with E-state index in [0.29, 0.717) is 12.5 Å². The molecule has 0 aliphatic heterocycles. The van der Waals surface area contributed by atoms with Gasteiger partial charge in [0.1, 0.15) is 0 Å². The smallest absolute Gasteiger partial charge is 0.0690 e. The van der Waals surface area contributed by atoms with E-state index in [9.17, 15) is 5.11 Å². The summed E-state index contributed by atoms with van der Waals surface area (Å²) in [5, 5.41) is 9.32. The summed E-state index contributed by atoms with van der Waals surface area (Å²) >= 11 is 0. The molecule has 2 unspecified atom stereocenters. The first kappa shape index (κ1) is 9.92. The summed E-state index contributed by atoms with van der Waals surface area (Å²) in [6.45, 7) is 4.63. The second-order valence-electron chi connectivity index (χ2n) is 2.76. The van der Waals surface area contributed by atoms with Crippen LogP contribution in [0.1, 0.15) is 33.1 Å². The lowest BCUT2D eigenvalue weighted by molar-refractivity contribution is 0.107. The van der Waals surface area contributed by atoms with Gasteiger partial charge in [0.2, 0.25) is 0 Å². The minimum atomic E-state index is -0.287. The molecule has 0 aliphatic carbocycles. The highest BCUT2D eigenvalue weighted by molar-refractivity contribution is 4.67. The minimum absolute atomic E-state index is 0.287. The first-order chi connectivity index (χ1) is 4.76. The van der Waals surface area contributed by atoms with Gasteiger partial charge in [-0.15, -0.1) is 0 Å². The molecule has 0 aromatic carbocycles. The van der Waals surface area contributed by atoms with E-state index in [1.165, 1.54) is 0 Å². The average Bonchev–Trinajstić information content (AvgIpc) is 1.99.